The largest absolute Gasteiger partial charge is 0.485 e. The number of nitrogens with two attached hydrogens (primary N) is 1. The van der Waals surface area contributed by atoms with Crippen molar-refractivity contribution < 1.29 is 24.2 Å². The van der Waals surface area contributed by atoms with Crippen molar-refractivity contribution in [3.63, 3.8) is 0 Å². The first-order valence-electron chi connectivity index (χ1n) is 26.1. The number of piperidine rings is 2. The van der Waals surface area contributed by atoms with Gasteiger partial charge in [0.15, 0.2) is 11.6 Å². The molecule has 4 fully saturated rings. The van der Waals surface area contributed by atoms with E-state index in [9.17, 15) is 15.2 Å². The Morgan fingerprint density at radius 2 is 1.24 bits per heavy atom. The molecule has 10 rings (SSSR count). The van der Waals surface area contributed by atoms with Crippen LogP contribution in [0.1, 0.15) is 134 Å². The Kier molecular flexibility index (Phi) is 16.3. The highest BCUT2D eigenvalue weighted by atomic mass is 32.1. The standard InChI is InChI=1S/C58H64N8O6S2/c1-64-26-16-45(17-27-64)55-62-37-52(74-55)48-33-50(54(61-35-48)66(68)69)71-39-44-13-9-11-42(31-44)15-25-58(22-6-3-7-23-58)72-40-65-28-18-46(19-29-65)56-63-36-51(73-56)47-32-49(53(59)60-34-47)70-38-43-12-8-10-41(30-43)14-24-57(67)20-4-2-5-21-57/h8-13,30-37,45-46,67H,2-7,16-23,26-29,38-40H2,1H3,(H2,59,60). The van der Waals surface area contributed by atoms with Crippen molar-refractivity contribution in [2.45, 2.75) is 126 Å². The number of benzene rings is 2. The molecule has 2 saturated carbocycles. The molecule has 2 aliphatic heterocycles. The summed E-state index contributed by atoms with van der Waals surface area (Å²) in [6, 6.07) is 19.4. The molecule has 2 saturated heterocycles. The number of aromatic nitrogens is 4. The van der Waals surface area contributed by atoms with E-state index in [2.05, 4.69) is 50.5 Å². The van der Waals surface area contributed by atoms with Crippen molar-refractivity contribution in [1.82, 2.24) is 29.7 Å². The fourth-order valence-electron chi connectivity index (χ4n) is 10.4. The van der Waals surface area contributed by atoms with Gasteiger partial charge in [-0.25, -0.2) is 15.0 Å². The fraction of sp³-hybridized carbons (Fsp3) is 0.448. The maximum absolute atomic E-state index is 12.0. The SMILES string of the molecule is CN1CCC(c2ncc(-c3cnc([N+](=O)[O-])c(OCc4cccc(C#CC5(OCN6CCC(c7ncc(-c8cnc(N)c(OCc9cccc(C#CC%10(O)CCCCC%10)c9)c8)s7)CC6)CCCCC5)c4)c3)s2)CC1. The number of pyridine rings is 2. The average molecular weight is 1030 g/mol. The molecule has 4 aromatic heterocycles. The number of likely N-dealkylation sites (tertiary alicyclic amines) is 2. The normalized spacial score (nSPS) is 18.4. The van der Waals surface area contributed by atoms with Gasteiger partial charge in [0, 0.05) is 71.8 Å². The summed E-state index contributed by atoms with van der Waals surface area (Å²) in [6.45, 7) is 4.86. The Balaban J connectivity index is 0.722. The number of nitrogen functional groups attached to an aromatic ring is 1. The van der Waals surface area contributed by atoms with E-state index in [4.69, 9.17) is 29.9 Å². The van der Waals surface area contributed by atoms with Crippen LogP contribution in [0.25, 0.3) is 20.9 Å². The summed E-state index contributed by atoms with van der Waals surface area (Å²) < 4.78 is 19.2. The van der Waals surface area contributed by atoms with Crippen molar-refractivity contribution in [3.05, 3.63) is 128 Å². The van der Waals surface area contributed by atoms with Crippen LogP contribution in [0.3, 0.4) is 0 Å². The van der Waals surface area contributed by atoms with E-state index in [1.165, 1.54) is 12.6 Å². The van der Waals surface area contributed by atoms with E-state index >= 15 is 0 Å². The molecule has 0 spiro atoms. The number of hydrogen-bond donors (Lipinski definition) is 2. The first-order valence-corrected chi connectivity index (χ1v) is 27.8. The van der Waals surface area contributed by atoms with Crippen LogP contribution in [0.15, 0.2) is 85.5 Å². The number of nitro groups is 1. The van der Waals surface area contributed by atoms with Crippen LogP contribution in [0.4, 0.5) is 11.6 Å². The van der Waals surface area contributed by atoms with Gasteiger partial charge in [-0.15, -0.1) is 22.7 Å². The van der Waals surface area contributed by atoms with Gasteiger partial charge in [0.2, 0.25) is 5.75 Å². The van der Waals surface area contributed by atoms with E-state index < -0.39 is 16.1 Å². The van der Waals surface area contributed by atoms with Gasteiger partial charge < -0.3 is 40.1 Å². The smallest absolute Gasteiger partial charge is 0.406 e. The number of ether oxygens (including phenoxy) is 3. The van der Waals surface area contributed by atoms with Crippen LogP contribution in [0.2, 0.25) is 0 Å². The Hall–Kier alpha value is -6.24. The number of hydrogen-bond acceptors (Lipinski definition) is 15. The van der Waals surface area contributed by atoms with Gasteiger partial charge in [-0.3, -0.25) is 4.90 Å². The summed E-state index contributed by atoms with van der Waals surface area (Å²) in [7, 11) is 2.15. The molecule has 3 N–H and O–H groups in total. The van der Waals surface area contributed by atoms with E-state index in [1.54, 1.807) is 34.9 Å². The minimum atomic E-state index is -0.895. The summed E-state index contributed by atoms with van der Waals surface area (Å²) in [5, 5.41) is 25.1. The first-order chi connectivity index (χ1) is 36.0. The number of aliphatic hydroxyl groups is 1. The molecular formula is C58H64N8O6S2. The van der Waals surface area contributed by atoms with Crippen molar-refractivity contribution in [3.8, 4) is 56.1 Å². The molecule has 74 heavy (non-hydrogen) atoms. The van der Waals surface area contributed by atoms with Gasteiger partial charge in [0.25, 0.3) is 0 Å². The molecule has 2 aromatic carbocycles. The quantitative estimate of drug-likeness (QED) is 0.0599. The van der Waals surface area contributed by atoms with Crippen molar-refractivity contribution in [1.29, 1.82) is 0 Å². The Morgan fingerprint density at radius 3 is 1.85 bits per heavy atom. The zero-order chi connectivity index (χ0) is 50.9. The lowest BCUT2D eigenvalue weighted by Gasteiger charge is -2.37. The van der Waals surface area contributed by atoms with Gasteiger partial charge in [0.1, 0.15) is 37.3 Å². The van der Waals surface area contributed by atoms with Gasteiger partial charge in [-0.05, 0) is 149 Å². The highest BCUT2D eigenvalue weighted by molar-refractivity contribution is 7.15. The second-order valence-electron chi connectivity index (χ2n) is 20.4. The molecule has 384 valence electrons. The molecule has 16 heteroatoms. The van der Waals surface area contributed by atoms with E-state index in [0.29, 0.717) is 36.7 Å². The molecule has 0 bridgehead atoms. The third kappa shape index (κ3) is 13.0. The summed E-state index contributed by atoms with van der Waals surface area (Å²) in [4.78, 5) is 36.5. The van der Waals surface area contributed by atoms with E-state index in [1.807, 2.05) is 67.0 Å². The van der Waals surface area contributed by atoms with Gasteiger partial charge in [0.05, 0.1) is 19.8 Å². The number of rotatable bonds is 14. The zero-order valence-electron chi connectivity index (χ0n) is 42.1. The van der Waals surface area contributed by atoms with E-state index in [0.717, 1.165) is 163 Å². The summed E-state index contributed by atoms with van der Waals surface area (Å²) in [5.74, 6) is 14.8. The second kappa shape index (κ2) is 23.5. The third-order valence-electron chi connectivity index (χ3n) is 14.9. The number of thiazole rings is 2. The lowest BCUT2D eigenvalue weighted by Crippen LogP contribution is -2.41. The summed E-state index contributed by atoms with van der Waals surface area (Å²) in [6.07, 6.45) is 20.9. The van der Waals surface area contributed by atoms with Gasteiger partial charge in [-0.1, -0.05) is 60.8 Å². The summed E-state index contributed by atoms with van der Waals surface area (Å²) in [5.41, 5.74) is 10.0. The number of nitrogens with zero attached hydrogens (tertiary/aromatic N) is 7. The molecule has 0 radical (unpaired) electrons. The number of anilines is 1. The maximum atomic E-state index is 12.0. The van der Waals surface area contributed by atoms with Crippen LogP contribution in [-0.4, -0.2) is 90.9 Å². The monoisotopic (exact) mass is 1030 g/mol. The minimum Gasteiger partial charge on any atom is -0.485 e. The Morgan fingerprint density at radius 1 is 0.703 bits per heavy atom. The van der Waals surface area contributed by atoms with E-state index in [-0.39, 0.29) is 18.2 Å². The lowest BCUT2D eigenvalue weighted by atomic mass is 9.85. The van der Waals surface area contributed by atoms with Crippen LogP contribution >= 0.6 is 22.7 Å². The molecule has 0 amide bonds. The molecule has 6 aromatic rings. The van der Waals surface area contributed by atoms with Crippen molar-refractivity contribution >= 4 is 34.3 Å². The first kappa shape index (κ1) is 51.3. The van der Waals surface area contributed by atoms with Crippen molar-refractivity contribution in [2.75, 3.05) is 45.7 Å². The molecule has 0 unspecified atom stereocenters. The maximum Gasteiger partial charge on any atom is 0.406 e. The fourth-order valence-corrected chi connectivity index (χ4v) is 12.5. The highest BCUT2D eigenvalue weighted by Gasteiger charge is 2.33. The van der Waals surface area contributed by atoms with Crippen LogP contribution in [-0.2, 0) is 18.0 Å². The van der Waals surface area contributed by atoms with Crippen LogP contribution in [0, 0.1) is 33.8 Å². The summed E-state index contributed by atoms with van der Waals surface area (Å²) >= 11 is 3.32. The zero-order valence-corrected chi connectivity index (χ0v) is 43.7. The van der Waals surface area contributed by atoms with Gasteiger partial charge in [-0.2, -0.15) is 0 Å². The lowest BCUT2D eigenvalue weighted by molar-refractivity contribution is -0.390. The Labute approximate surface area is 441 Å². The predicted molar refractivity (Wildman–Crippen MR) is 290 cm³/mol. The predicted octanol–water partition coefficient (Wildman–Crippen LogP) is 11.1. The minimum absolute atomic E-state index is 0.123. The van der Waals surface area contributed by atoms with Crippen LogP contribution in [0.5, 0.6) is 11.5 Å². The molecular weight excluding hydrogens is 969 g/mol. The highest BCUT2D eigenvalue weighted by Crippen LogP contribution is 2.40. The molecule has 14 nitrogen and oxygen atoms in total. The van der Waals surface area contributed by atoms with Gasteiger partial charge >= 0.3 is 5.82 Å². The second-order valence-corrected chi connectivity index (χ2v) is 22.5. The third-order valence-corrected chi connectivity index (χ3v) is 17.3. The molecule has 2 aliphatic carbocycles. The van der Waals surface area contributed by atoms with Crippen LogP contribution < -0.4 is 15.2 Å². The molecule has 4 aliphatic rings. The average Bonchev–Trinajstić information content (AvgIpc) is 4.14. The topological polar surface area (TPSA) is 175 Å². The Bertz CT molecular complexity index is 3030. The van der Waals surface area contributed by atoms with Crippen molar-refractivity contribution in [2.24, 2.45) is 0 Å². The molecule has 6 heterocycles. The molecule has 0 atom stereocenters.